The van der Waals surface area contributed by atoms with Crippen LogP contribution in [0.4, 0.5) is 0 Å². The van der Waals surface area contributed by atoms with Crippen LogP contribution in [-0.4, -0.2) is 6.04 Å². The van der Waals surface area contributed by atoms with Crippen molar-refractivity contribution < 1.29 is 9.15 Å². The highest BCUT2D eigenvalue weighted by molar-refractivity contribution is 5.38. The van der Waals surface area contributed by atoms with Crippen LogP contribution < -0.4 is 10.1 Å². The summed E-state index contributed by atoms with van der Waals surface area (Å²) in [5.74, 6) is 2.79. The van der Waals surface area contributed by atoms with Crippen LogP contribution >= 0.6 is 0 Å². The minimum Gasteiger partial charge on any atom is -0.485 e. The summed E-state index contributed by atoms with van der Waals surface area (Å²) in [5.41, 5.74) is 2.44. The van der Waals surface area contributed by atoms with Gasteiger partial charge in [0.1, 0.15) is 23.9 Å². The molecule has 0 bridgehead atoms. The lowest BCUT2D eigenvalue weighted by molar-refractivity contribution is 0.263. The summed E-state index contributed by atoms with van der Waals surface area (Å²) in [6.45, 7) is 5.47. The normalized spacial score (nSPS) is 14.5. The predicted octanol–water partition coefficient (Wildman–Crippen LogP) is 3.73. The van der Waals surface area contributed by atoms with E-state index in [-0.39, 0.29) is 0 Å². The van der Waals surface area contributed by atoms with Gasteiger partial charge in [-0.05, 0) is 56.0 Å². The molecule has 3 rings (SSSR count). The fourth-order valence-corrected chi connectivity index (χ4v) is 2.16. The molecule has 3 nitrogen and oxygen atoms in total. The second-order valence-electron chi connectivity index (χ2n) is 5.51. The Bertz CT molecular complexity index is 584. The van der Waals surface area contributed by atoms with E-state index in [1.807, 2.05) is 24.3 Å². The van der Waals surface area contributed by atoms with Crippen molar-refractivity contribution in [2.45, 2.75) is 45.9 Å². The van der Waals surface area contributed by atoms with Crippen molar-refractivity contribution in [3.05, 3.63) is 53.0 Å². The summed E-state index contributed by atoms with van der Waals surface area (Å²) in [7, 11) is 0. The molecule has 3 heteroatoms. The zero-order valence-electron chi connectivity index (χ0n) is 12.1. The number of ether oxygens (including phenoxy) is 1. The summed E-state index contributed by atoms with van der Waals surface area (Å²) < 4.78 is 11.6. The zero-order valence-corrected chi connectivity index (χ0v) is 12.1. The highest BCUT2D eigenvalue weighted by atomic mass is 16.5. The molecule has 2 aromatic rings. The first kappa shape index (κ1) is 13.3. The fraction of sp³-hybridized carbons (Fsp3) is 0.412. The minimum absolute atomic E-state index is 0.480. The Morgan fingerprint density at radius 3 is 2.75 bits per heavy atom. The molecular formula is C17H21NO2. The Balaban J connectivity index is 1.56. The molecule has 0 radical (unpaired) electrons. The van der Waals surface area contributed by atoms with Gasteiger partial charge >= 0.3 is 0 Å². The fourth-order valence-electron chi connectivity index (χ4n) is 2.16. The molecule has 20 heavy (non-hydrogen) atoms. The van der Waals surface area contributed by atoms with Crippen molar-refractivity contribution in [1.82, 2.24) is 5.32 Å². The molecule has 1 aromatic carbocycles. The van der Waals surface area contributed by atoms with E-state index in [0.717, 1.165) is 23.8 Å². The first-order chi connectivity index (χ1) is 9.72. The van der Waals surface area contributed by atoms with E-state index in [9.17, 15) is 0 Å². The lowest BCUT2D eigenvalue weighted by atomic mass is 10.1. The maximum Gasteiger partial charge on any atom is 0.146 e. The van der Waals surface area contributed by atoms with Crippen molar-refractivity contribution in [3.8, 4) is 5.75 Å². The molecule has 1 fully saturated rings. The minimum atomic E-state index is 0.480. The van der Waals surface area contributed by atoms with Crippen LogP contribution in [0.5, 0.6) is 5.75 Å². The molecule has 0 amide bonds. The van der Waals surface area contributed by atoms with E-state index in [0.29, 0.717) is 12.6 Å². The molecule has 1 aromatic heterocycles. The van der Waals surface area contributed by atoms with Crippen molar-refractivity contribution in [2.75, 3.05) is 0 Å². The van der Waals surface area contributed by atoms with Crippen LogP contribution in [0.1, 0.15) is 35.5 Å². The Morgan fingerprint density at radius 1 is 1.15 bits per heavy atom. The van der Waals surface area contributed by atoms with Gasteiger partial charge in [-0.2, -0.15) is 0 Å². The van der Waals surface area contributed by atoms with Gasteiger partial charge in [0.05, 0.1) is 6.54 Å². The number of hydrogen-bond acceptors (Lipinski definition) is 3. The van der Waals surface area contributed by atoms with Gasteiger partial charge in [0.2, 0.25) is 0 Å². The average molecular weight is 271 g/mol. The van der Waals surface area contributed by atoms with Gasteiger partial charge in [0.25, 0.3) is 0 Å². The van der Waals surface area contributed by atoms with Gasteiger partial charge in [-0.1, -0.05) is 12.1 Å². The lowest BCUT2D eigenvalue weighted by Gasteiger charge is -2.09. The molecule has 1 aliphatic rings. The van der Waals surface area contributed by atoms with Gasteiger partial charge in [-0.15, -0.1) is 0 Å². The van der Waals surface area contributed by atoms with Crippen LogP contribution in [0.15, 0.2) is 34.7 Å². The van der Waals surface area contributed by atoms with Gasteiger partial charge in [-0.25, -0.2) is 0 Å². The van der Waals surface area contributed by atoms with Crippen LogP contribution in [0.3, 0.4) is 0 Å². The Kier molecular flexibility index (Phi) is 3.79. The summed E-state index contributed by atoms with van der Waals surface area (Å²) in [6, 6.07) is 10.8. The van der Waals surface area contributed by atoms with Gasteiger partial charge < -0.3 is 14.5 Å². The Labute approximate surface area is 119 Å². The Hall–Kier alpha value is -1.74. The van der Waals surface area contributed by atoms with Crippen molar-refractivity contribution >= 4 is 0 Å². The smallest absolute Gasteiger partial charge is 0.146 e. The maximum absolute atomic E-state index is 5.84. The van der Waals surface area contributed by atoms with Crippen LogP contribution in [0.25, 0.3) is 0 Å². The van der Waals surface area contributed by atoms with E-state index < -0.39 is 0 Å². The summed E-state index contributed by atoms with van der Waals surface area (Å²) in [4.78, 5) is 0. The van der Waals surface area contributed by atoms with Gasteiger partial charge in [0.15, 0.2) is 0 Å². The zero-order chi connectivity index (χ0) is 13.9. The quantitative estimate of drug-likeness (QED) is 0.869. The van der Waals surface area contributed by atoms with Gasteiger partial charge in [0, 0.05) is 6.04 Å². The largest absolute Gasteiger partial charge is 0.485 e. The van der Waals surface area contributed by atoms with Crippen LogP contribution in [0.2, 0.25) is 0 Å². The number of hydrogen-bond donors (Lipinski definition) is 1. The van der Waals surface area contributed by atoms with Crippen LogP contribution in [0, 0.1) is 13.8 Å². The average Bonchev–Trinajstić information content (AvgIpc) is 3.17. The maximum atomic E-state index is 5.84. The number of furan rings is 1. The molecule has 1 saturated carbocycles. The topological polar surface area (TPSA) is 34.4 Å². The lowest BCUT2D eigenvalue weighted by Crippen LogP contribution is -2.14. The van der Waals surface area contributed by atoms with E-state index in [1.165, 1.54) is 24.0 Å². The third-order valence-corrected chi connectivity index (χ3v) is 3.78. The molecule has 1 heterocycles. The molecule has 0 atom stereocenters. The third-order valence-electron chi connectivity index (χ3n) is 3.78. The highest BCUT2D eigenvalue weighted by Crippen LogP contribution is 2.22. The van der Waals surface area contributed by atoms with Crippen molar-refractivity contribution in [1.29, 1.82) is 0 Å². The van der Waals surface area contributed by atoms with Gasteiger partial charge in [-0.3, -0.25) is 0 Å². The van der Waals surface area contributed by atoms with E-state index in [4.69, 9.17) is 9.15 Å². The number of nitrogens with one attached hydrogen (secondary N) is 1. The summed E-state index contributed by atoms with van der Waals surface area (Å²) in [5, 5.41) is 3.44. The molecule has 0 saturated heterocycles. The molecule has 0 aliphatic heterocycles. The first-order valence-corrected chi connectivity index (χ1v) is 7.22. The predicted molar refractivity (Wildman–Crippen MR) is 78.8 cm³/mol. The van der Waals surface area contributed by atoms with E-state index >= 15 is 0 Å². The monoisotopic (exact) mass is 271 g/mol. The summed E-state index contributed by atoms with van der Waals surface area (Å²) in [6.07, 6.45) is 2.59. The molecule has 1 aliphatic carbocycles. The second-order valence-corrected chi connectivity index (χ2v) is 5.51. The molecular weight excluding hydrogens is 250 g/mol. The first-order valence-electron chi connectivity index (χ1n) is 7.22. The Morgan fingerprint density at radius 2 is 1.95 bits per heavy atom. The number of aryl methyl sites for hydroxylation is 1. The number of rotatable bonds is 6. The molecule has 0 unspecified atom stereocenters. The SMILES string of the molecule is Cc1cccc(OCc2ccc(CNC3CC3)o2)c1C. The van der Waals surface area contributed by atoms with Crippen LogP contribution in [-0.2, 0) is 13.2 Å². The van der Waals surface area contributed by atoms with Crippen molar-refractivity contribution in [3.63, 3.8) is 0 Å². The second kappa shape index (κ2) is 5.71. The highest BCUT2D eigenvalue weighted by Gasteiger charge is 2.20. The standard InChI is InChI=1S/C17H21NO2/c1-12-4-3-5-17(13(12)2)19-11-16-9-8-15(20-16)10-18-14-6-7-14/h3-5,8-9,14,18H,6-7,10-11H2,1-2H3. The molecule has 0 spiro atoms. The molecule has 106 valence electrons. The number of benzene rings is 1. The van der Waals surface area contributed by atoms with E-state index in [1.54, 1.807) is 0 Å². The van der Waals surface area contributed by atoms with E-state index in [2.05, 4.69) is 25.2 Å². The molecule has 1 N–H and O–H groups in total. The van der Waals surface area contributed by atoms with Crippen molar-refractivity contribution in [2.24, 2.45) is 0 Å². The third kappa shape index (κ3) is 3.23. The summed E-state index contributed by atoms with van der Waals surface area (Å²) >= 11 is 0.